The highest BCUT2D eigenvalue weighted by Gasteiger charge is 2.06. The van der Waals surface area contributed by atoms with Crippen LogP contribution in [0.25, 0.3) is 0 Å². The monoisotopic (exact) mass is 253 g/mol. The summed E-state index contributed by atoms with van der Waals surface area (Å²) in [6, 6.07) is 4.27. The number of benzene rings is 1. The average molecular weight is 254 g/mol. The quantitative estimate of drug-likeness (QED) is 0.874. The SMILES string of the molecule is CC(=CCl)COc1c(C)cc(CCN)cc1C. The minimum absolute atomic E-state index is 0.529. The first-order chi connectivity index (χ1) is 8.08. The summed E-state index contributed by atoms with van der Waals surface area (Å²) < 4.78 is 5.77. The van der Waals surface area contributed by atoms with Gasteiger partial charge in [0.05, 0.1) is 0 Å². The number of aryl methyl sites for hydroxylation is 2. The lowest BCUT2D eigenvalue weighted by Gasteiger charge is -2.14. The van der Waals surface area contributed by atoms with Crippen LogP contribution in [0.3, 0.4) is 0 Å². The second-order valence-electron chi connectivity index (χ2n) is 4.34. The van der Waals surface area contributed by atoms with Crippen LogP contribution in [0, 0.1) is 13.8 Å². The summed E-state index contributed by atoms with van der Waals surface area (Å²) in [4.78, 5) is 0. The summed E-state index contributed by atoms with van der Waals surface area (Å²) in [5, 5.41) is 0. The van der Waals surface area contributed by atoms with Crippen LogP contribution in [-0.4, -0.2) is 13.2 Å². The third-order valence-electron chi connectivity index (χ3n) is 2.58. The number of rotatable bonds is 5. The van der Waals surface area contributed by atoms with Crippen molar-refractivity contribution >= 4 is 11.6 Å². The molecule has 1 rings (SSSR count). The topological polar surface area (TPSA) is 35.2 Å². The van der Waals surface area contributed by atoms with E-state index in [1.807, 2.05) is 6.92 Å². The molecule has 0 amide bonds. The van der Waals surface area contributed by atoms with Crippen LogP contribution < -0.4 is 10.5 Å². The van der Waals surface area contributed by atoms with Gasteiger partial charge in [-0.15, -0.1) is 0 Å². The molecular formula is C14H20ClNO. The van der Waals surface area contributed by atoms with Gasteiger partial charge < -0.3 is 10.5 Å². The summed E-state index contributed by atoms with van der Waals surface area (Å²) in [6.45, 7) is 7.26. The molecule has 0 radical (unpaired) electrons. The second-order valence-corrected chi connectivity index (χ2v) is 4.56. The van der Waals surface area contributed by atoms with E-state index in [2.05, 4.69) is 26.0 Å². The molecule has 0 unspecified atom stereocenters. The molecule has 0 aliphatic rings. The Balaban J connectivity index is 2.86. The highest BCUT2D eigenvalue weighted by atomic mass is 35.5. The maximum atomic E-state index is 5.77. The van der Waals surface area contributed by atoms with Gasteiger partial charge in [-0.1, -0.05) is 23.7 Å². The fraction of sp³-hybridized carbons (Fsp3) is 0.429. The first kappa shape index (κ1) is 14.1. The lowest BCUT2D eigenvalue weighted by atomic mass is 10.0. The number of halogens is 1. The first-order valence-electron chi connectivity index (χ1n) is 5.77. The van der Waals surface area contributed by atoms with Gasteiger partial charge in [0.2, 0.25) is 0 Å². The summed E-state index contributed by atoms with van der Waals surface area (Å²) in [6.07, 6.45) is 0.905. The molecule has 0 spiro atoms. The Morgan fingerprint density at radius 1 is 1.35 bits per heavy atom. The van der Waals surface area contributed by atoms with E-state index in [1.54, 1.807) is 5.54 Å². The zero-order valence-electron chi connectivity index (χ0n) is 10.7. The summed E-state index contributed by atoms with van der Waals surface area (Å²) in [5.74, 6) is 0.948. The van der Waals surface area contributed by atoms with Crippen LogP contribution in [0.2, 0.25) is 0 Å². The van der Waals surface area contributed by atoms with Crippen molar-refractivity contribution in [2.75, 3.05) is 13.2 Å². The van der Waals surface area contributed by atoms with E-state index in [9.17, 15) is 0 Å². The van der Waals surface area contributed by atoms with Crippen molar-refractivity contribution in [3.8, 4) is 5.75 Å². The minimum atomic E-state index is 0.529. The molecule has 2 nitrogen and oxygen atoms in total. The molecule has 0 saturated carbocycles. The molecule has 0 aliphatic carbocycles. The molecule has 0 atom stereocenters. The van der Waals surface area contributed by atoms with Crippen molar-refractivity contribution in [3.05, 3.63) is 39.9 Å². The highest BCUT2D eigenvalue weighted by molar-refractivity contribution is 6.25. The molecule has 1 aromatic rings. The second kappa shape index (κ2) is 6.67. The fourth-order valence-electron chi connectivity index (χ4n) is 1.80. The van der Waals surface area contributed by atoms with E-state index >= 15 is 0 Å². The van der Waals surface area contributed by atoms with Crippen LogP contribution in [0.1, 0.15) is 23.6 Å². The molecule has 3 heteroatoms. The van der Waals surface area contributed by atoms with Crippen molar-refractivity contribution in [2.24, 2.45) is 5.73 Å². The zero-order chi connectivity index (χ0) is 12.8. The van der Waals surface area contributed by atoms with Crippen LogP contribution in [0.15, 0.2) is 23.2 Å². The maximum Gasteiger partial charge on any atom is 0.125 e. The molecule has 1 aromatic carbocycles. The number of nitrogens with two attached hydrogens (primary N) is 1. The van der Waals surface area contributed by atoms with E-state index in [-0.39, 0.29) is 0 Å². The Morgan fingerprint density at radius 2 is 1.94 bits per heavy atom. The summed E-state index contributed by atoms with van der Waals surface area (Å²) in [5.41, 5.74) is 11.7. The number of hydrogen-bond acceptors (Lipinski definition) is 2. The fourth-order valence-corrected chi connectivity index (χ4v) is 1.86. The van der Waals surface area contributed by atoms with Crippen molar-refractivity contribution < 1.29 is 4.74 Å². The first-order valence-corrected chi connectivity index (χ1v) is 6.21. The Labute approximate surface area is 108 Å². The Bertz CT molecular complexity index is 390. The molecular weight excluding hydrogens is 234 g/mol. The van der Waals surface area contributed by atoms with Gasteiger partial charge in [0.25, 0.3) is 0 Å². The smallest absolute Gasteiger partial charge is 0.125 e. The standard InChI is InChI=1S/C14H20ClNO/c1-10(8-15)9-17-14-11(2)6-13(4-5-16)7-12(14)3/h6-8H,4-5,9,16H2,1-3H3. The van der Waals surface area contributed by atoms with E-state index in [0.717, 1.165) is 28.9 Å². The molecule has 0 heterocycles. The van der Waals surface area contributed by atoms with E-state index in [1.165, 1.54) is 5.56 Å². The van der Waals surface area contributed by atoms with Gasteiger partial charge >= 0.3 is 0 Å². The molecule has 17 heavy (non-hydrogen) atoms. The van der Waals surface area contributed by atoms with Gasteiger partial charge in [-0.3, -0.25) is 0 Å². The Hall–Kier alpha value is -0.990. The minimum Gasteiger partial charge on any atom is -0.489 e. The predicted molar refractivity (Wildman–Crippen MR) is 73.8 cm³/mol. The zero-order valence-corrected chi connectivity index (χ0v) is 11.5. The van der Waals surface area contributed by atoms with Gasteiger partial charge in [-0.05, 0) is 56.0 Å². The largest absolute Gasteiger partial charge is 0.489 e. The predicted octanol–water partition coefficient (Wildman–Crippen LogP) is 3.33. The Kier molecular flexibility index (Phi) is 5.52. The lowest BCUT2D eigenvalue weighted by Crippen LogP contribution is -2.05. The van der Waals surface area contributed by atoms with Crippen LogP contribution in [-0.2, 0) is 6.42 Å². The molecule has 0 aliphatic heterocycles. The summed E-state index contributed by atoms with van der Waals surface area (Å²) >= 11 is 5.61. The van der Waals surface area contributed by atoms with Crippen LogP contribution >= 0.6 is 11.6 Å². The van der Waals surface area contributed by atoms with Crippen molar-refractivity contribution in [2.45, 2.75) is 27.2 Å². The van der Waals surface area contributed by atoms with Gasteiger partial charge in [0.1, 0.15) is 12.4 Å². The van der Waals surface area contributed by atoms with E-state index in [0.29, 0.717) is 13.2 Å². The molecule has 94 valence electrons. The van der Waals surface area contributed by atoms with Crippen LogP contribution in [0.4, 0.5) is 0 Å². The average Bonchev–Trinajstić information content (AvgIpc) is 2.28. The van der Waals surface area contributed by atoms with Gasteiger partial charge in [0.15, 0.2) is 0 Å². The normalized spacial score (nSPS) is 11.7. The number of hydrogen-bond donors (Lipinski definition) is 1. The van der Waals surface area contributed by atoms with Gasteiger partial charge in [-0.2, -0.15) is 0 Å². The van der Waals surface area contributed by atoms with Gasteiger partial charge in [0, 0.05) is 5.54 Å². The maximum absolute atomic E-state index is 5.77. The molecule has 0 saturated heterocycles. The van der Waals surface area contributed by atoms with Crippen LogP contribution in [0.5, 0.6) is 5.75 Å². The number of ether oxygens (including phenoxy) is 1. The van der Waals surface area contributed by atoms with Crippen molar-refractivity contribution in [1.29, 1.82) is 0 Å². The Morgan fingerprint density at radius 3 is 2.41 bits per heavy atom. The van der Waals surface area contributed by atoms with E-state index in [4.69, 9.17) is 22.1 Å². The molecule has 0 fully saturated rings. The van der Waals surface area contributed by atoms with Gasteiger partial charge in [-0.25, -0.2) is 0 Å². The highest BCUT2D eigenvalue weighted by Crippen LogP contribution is 2.25. The van der Waals surface area contributed by atoms with E-state index < -0.39 is 0 Å². The third kappa shape index (κ3) is 4.06. The van der Waals surface area contributed by atoms with Crippen molar-refractivity contribution in [1.82, 2.24) is 0 Å². The third-order valence-corrected chi connectivity index (χ3v) is 2.96. The lowest BCUT2D eigenvalue weighted by molar-refractivity contribution is 0.347. The molecule has 0 aromatic heterocycles. The van der Waals surface area contributed by atoms with Crippen molar-refractivity contribution in [3.63, 3.8) is 0 Å². The summed E-state index contributed by atoms with van der Waals surface area (Å²) in [7, 11) is 0. The molecule has 2 N–H and O–H groups in total. The molecule has 0 bridgehead atoms.